The molecule has 0 saturated heterocycles. The summed E-state index contributed by atoms with van der Waals surface area (Å²) in [4.78, 5) is 8.00. The first-order valence-corrected chi connectivity index (χ1v) is 8.26. The second-order valence-corrected chi connectivity index (χ2v) is 6.59. The zero-order valence-electron chi connectivity index (χ0n) is 10.9. The number of carbonyl (C=O) groups excluding carboxylic acids is 1. The van der Waals surface area contributed by atoms with Gasteiger partial charge < -0.3 is 4.79 Å². The molecule has 0 N–H and O–H groups in total. The molecule has 92 valence electrons. The lowest BCUT2D eigenvalue weighted by Gasteiger charge is -2.16. The first kappa shape index (κ1) is 17.5. The van der Waals surface area contributed by atoms with E-state index in [4.69, 9.17) is 4.79 Å². The molecule has 0 saturated carbocycles. The van der Waals surface area contributed by atoms with Crippen LogP contribution in [0, 0.1) is 0 Å². The second-order valence-electron chi connectivity index (χ2n) is 3.90. The maximum Gasteiger partial charge on any atom is 0.106 e. The van der Waals surface area contributed by atoms with Gasteiger partial charge in [0.15, 0.2) is 0 Å². The van der Waals surface area contributed by atoms with Crippen molar-refractivity contribution in [2.24, 2.45) is 0 Å². The number of carbonyl (C=O) groups is 1. The van der Waals surface area contributed by atoms with Gasteiger partial charge in [-0.2, -0.15) is 0 Å². The molecule has 0 atom stereocenters. The van der Waals surface area contributed by atoms with Gasteiger partial charge >= 0.3 is 0 Å². The van der Waals surface area contributed by atoms with Crippen LogP contribution in [-0.4, -0.2) is 25.3 Å². The number of unbranched alkanes of at least 4 members (excludes halogenated alkanes) is 3. The average molecular weight is 232 g/mol. The molecular weight excluding hydrogens is 203 g/mol. The summed E-state index contributed by atoms with van der Waals surface area (Å²) in [5.74, 6) is 0. The van der Waals surface area contributed by atoms with Crippen molar-refractivity contribution in [1.29, 1.82) is 0 Å². The smallest absolute Gasteiger partial charge is 0.106 e. The number of hydrogen-bond donors (Lipinski definition) is 0. The summed E-state index contributed by atoms with van der Waals surface area (Å²) >= 11 is 0. The predicted octanol–water partition coefficient (Wildman–Crippen LogP) is 4.68. The normalized spacial score (nSPS) is 9.87. The van der Waals surface area contributed by atoms with Crippen molar-refractivity contribution in [2.75, 3.05) is 18.5 Å². The van der Waals surface area contributed by atoms with Gasteiger partial charge in [0.25, 0.3) is 0 Å². The average Bonchev–Trinajstić information content (AvgIpc) is 2.31. The quantitative estimate of drug-likeness (QED) is 0.527. The number of hydrogen-bond acceptors (Lipinski definition) is 1. The van der Waals surface area contributed by atoms with Crippen LogP contribution < -0.4 is 0 Å². The molecule has 0 radical (unpaired) electrons. The fourth-order valence-corrected chi connectivity index (χ4v) is 4.44. The highest BCUT2D eigenvalue weighted by atomic mass is 31.1. The molecule has 2 heteroatoms. The van der Waals surface area contributed by atoms with Crippen LogP contribution in [0.5, 0.6) is 0 Å². The Balaban J connectivity index is 0. The molecule has 0 unspecified atom stereocenters. The topological polar surface area (TPSA) is 17.1 Å². The van der Waals surface area contributed by atoms with Crippen molar-refractivity contribution >= 4 is 14.7 Å². The molecule has 0 rings (SSSR count). The van der Waals surface area contributed by atoms with Crippen molar-refractivity contribution in [2.45, 2.75) is 59.3 Å². The lowest BCUT2D eigenvalue weighted by atomic mass is 10.4. The van der Waals surface area contributed by atoms with Crippen molar-refractivity contribution < 1.29 is 4.79 Å². The molecule has 0 aromatic rings. The molecule has 0 heterocycles. The van der Waals surface area contributed by atoms with E-state index in [2.05, 4.69) is 20.8 Å². The van der Waals surface area contributed by atoms with Crippen molar-refractivity contribution in [3.63, 3.8) is 0 Å². The SMILES string of the molecule is C=O.CCCCP(CCCC)CCCC. The first-order valence-electron chi connectivity index (χ1n) is 6.36. The zero-order chi connectivity index (χ0) is 11.9. The molecular formula is C13H29OP. The van der Waals surface area contributed by atoms with Crippen molar-refractivity contribution in [3.05, 3.63) is 0 Å². The van der Waals surface area contributed by atoms with Gasteiger partial charge in [-0.15, -0.1) is 7.92 Å². The van der Waals surface area contributed by atoms with Crippen molar-refractivity contribution in [3.8, 4) is 0 Å². The Bertz CT molecular complexity index is 87.7. The minimum absolute atomic E-state index is 0.422. The maximum atomic E-state index is 8.00. The summed E-state index contributed by atoms with van der Waals surface area (Å²) in [5, 5.41) is 0. The zero-order valence-corrected chi connectivity index (χ0v) is 11.8. The van der Waals surface area contributed by atoms with Gasteiger partial charge in [0, 0.05) is 0 Å². The van der Waals surface area contributed by atoms with Crippen LogP contribution >= 0.6 is 7.92 Å². The van der Waals surface area contributed by atoms with Gasteiger partial charge in [-0.05, 0) is 37.7 Å². The highest BCUT2D eigenvalue weighted by Crippen LogP contribution is 2.38. The fourth-order valence-electron chi connectivity index (χ4n) is 1.48. The third-order valence-corrected chi connectivity index (χ3v) is 5.33. The molecule has 0 aliphatic heterocycles. The molecule has 15 heavy (non-hydrogen) atoms. The van der Waals surface area contributed by atoms with E-state index in [1.54, 1.807) is 18.5 Å². The third kappa shape index (κ3) is 14.1. The van der Waals surface area contributed by atoms with E-state index in [1.807, 2.05) is 6.79 Å². The molecule has 0 aromatic carbocycles. The lowest BCUT2D eigenvalue weighted by molar-refractivity contribution is -0.0979. The summed E-state index contributed by atoms with van der Waals surface area (Å²) in [6, 6.07) is 0. The summed E-state index contributed by atoms with van der Waals surface area (Å²) in [5.41, 5.74) is 0. The second kappa shape index (κ2) is 16.5. The minimum atomic E-state index is 0.422. The minimum Gasteiger partial charge on any atom is -0.307 e. The molecule has 0 aliphatic rings. The fraction of sp³-hybridized carbons (Fsp3) is 0.923. The Morgan fingerprint density at radius 2 is 1.00 bits per heavy atom. The lowest BCUT2D eigenvalue weighted by Crippen LogP contribution is -1.95. The Kier molecular flexibility index (Phi) is 19.3. The van der Waals surface area contributed by atoms with E-state index in [-0.39, 0.29) is 0 Å². The van der Waals surface area contributed by atoms with Gasteiger partial charge in [0.1, 0.15) is 6.79 Å². The number of rotatable bonds is 9. The van der Waals surface area contributed by atoms with Gasteiger partial charge in [-0.1, -0.05) is 40.0 Å². The van der Waals surface area contributed by atoms with Crippen LogP contribution in [0.25, 0.3) is 0 Å². The van der Waals surface area contributed by atoms with Gasteiger partial charge in [0.2, 0.25) is 0 Å². The molecule has 0 fully saturated rings. The highest BCUT2D eigenvalue weighted by molar-refractivity contribution is 7.57. The first-order chi connectivity index (χ1) is 7.35. The molecule has 0 aliphatic carbocycles. The van der Waals surface area contributed by atoms with E-state index >= 15 is 0 Å². The van der Waals surface area contributed by atoms with Gasteiger partial charge in [-0.3, -0.25) is 0 Å². The Morgan fingerprint density at radius 3 is 1.20 bits per heavy atom. The van der Waals surface area contributed by atoms with E-state index < -0.39 is 0 Å². The van der Waals surface area contributed by atoms with Crippen LogP contribution in [0.3, 0.4) is 0 Å². The van der Waals surface area contributed by atoms with Crippen molar-refractivity contribution in [1.82, 2.24) is 0 Å². The van der Waals surface area contributed by atoms with Crippen LogP contribution in [0.15, 0.2) is 0 Å². The summed E-state index contributed by atoms with van der Waals surface area (Å²) in [7, 11) is 0.422. The van der Waals surface area contributed by atoms with Crippen LogP contribution in [0.2, 0.25) is 0 Å². The van der Waals surface area contributed by atoms with E-state index in [0.717, 1.165) is 0 Å². The summed E-state index contributed by atoms with van der Waals surface area (Å²) in [6.45, 7) is 8.94. The van der Waals surface area contributed by atoms with E-state index in [0.29, 0.717) is 7.92 Å². The van der Waals surface area contributed by atoms with Crippen LogP contribution in [-0.2, 0) is 4.79 Å². The predicted molar refractivity (Wildman–Crippen MR) is 73.4 cm³/mol. The molecule has 0 aromatic heterocycles. The molecule has 0 spiro atoms. The van der Waals surface area contributed by atoms with E-state index in [9.17, 15) is 0 Å². The van der Waals surface area contributed by atoms with E-state index in [1.165, 1.54) is 38.5 Å². The molecule has 1 nitrogen and oxygen atoms in total. The van der Waals surface area contributed by atoms with Crippen LogP contribution in [0.4, 0.5) is 0 Å². The standard InChI is InChI=1S/C12H27P.CH2O/c1-4-7-10-13(11-8-5-2)12-9-6-3;1-2/h4-12H2,1-3H3;1H2. The largest absolute Gasteiger partial charge is 0.307 e. The van der Waals surface area contributed by atoms with Gasteiger partial charge in [-0.25, -0.2) is 0 Å². The molecule has 0 bridgehead atoms. The molecule has 0 amide bonds. The highest BCUT2D eigenvalue weighted by Gasteiger charge is 2.05. The monoisotopic (exact) mass is 232 g/mol. The van der Waals surface area contributed by atoms with Gasteiger partial charge in [0.05, 0.1) is 0 Å². The maximum absolute atomic E-state index is 8.00. The third-order valence-electron chi connectivity index (χ3n) is 2.48. The Labute approximate surface area is 97.8 Å². The summed E-state index contributed by atoms with van der Waals surface area (Å²) in [6.07, 6.45) is 13.2. The van der Waals surface area contributed by atoms with Crippen LogP contribution in [0.1, 0.15) is 59.3 Å². The Hall–Kier alpha value is 0.100. The Morgan fingerprint density at radius 1 is 0.733 bits per heavy atom. The summed E-state index contributed by atoms with van der Waals surface area (Å²) < 4.78 is 0.